The zero-order chi connectivity index (χ0) is 20.4. The van der Waals surface area contributed by atoms with Gasteiger partial charge in [-0.2, -0.15) is 4.31 Å². The number of para-hydroxylation sites is 2. The van der Waals surface area contributed by atoms with Crippen LogP contribution in [0.3, 0.4) is 0 Å². The maximum absolute atomic E-state index is 14.3. The second kappa shape index (κ2) is 7.97. The van der Waals surface area contributed by atoms with Crippen LogP contribution in [0, 0.1) is 5.82 Å². The summed E-state index contributed by atoms with van der Waals surface area (Å²) >= 11 is 0. The summed E-state index contributed by atoms with van der Waals surface area (Å²) in [4.78, 5) is 12.0. The summed E-state index contributed by atoms with van der Waals surface area (Å²) < 4.78 is 57.3. The lowest BCUT2D eigenvalue weighted by Gasteiger charge is -2.27. The first-order valence-electron chi connectivity index (χ1n) is 9.02. The molecule has 1 N–H and O–H groups in total. The van der Waals surface area contributed by atoms with E-state index >= 15 is 0 Å². The van der Waals surface area contributed by atoms with Gasteiger partial charge in [-0.1, -0.05) is 12.1 Å². The summed E-state index contributed by atoms with van der Waals surface area (Å²) in [5.41, 5.74) is 0.144. The average Bonchev–Trinajstić information content (AvgIpc) is 2.75. The Morgan fingerprint density at radius 2 is 1.83 bits per heavy atom. The van der Waals surface area contributed by atoms with E-state index in [1.807, 2.05) is 0 Å². The Balaban J connectivity index is 1.51. The van der Waals surface area contributed by atoms with Crippen LogP contribution in [0.2, 0.25) is 0 Å². The first kappa shape index (κ1) is 19.6. The van der Waals surface area contributed by atoms with Crippen LogP contribution in [0.25, 0.3) is 0 Å². The van der Waals surface area contributed by atoms with Crippen molar-refractivity contribution >= 4 is 21.6 Å². The second-order valence-corrected chi connectivity index (χ2v) is 8.42. The van der Waals surface area contributed by atoms with E-state index in [2.05, 4.69) is 5.32 Å². The standard InChI is InChI=1S/C19H19FN2O6S/c20-14-6-5-13(11-18(14)29(24,25)22-7-9-26-10-8-22)21-19(23)17-12-27-15-3-1-2-4-16(15)28-17/h1-6,11,17H,7-10,12H2,(H,21,23). The number of rotatable bonds is 4. The van der Waals surface area contributed by atoms with Crippen molar-refractivity contribution in [3.8, 4) is 11.5 Å². The summed E-state index contributed by atoms with van der Waals surface area (Å²) in [7, 11) is -4.04. The highest BCUT2D eigenvalue weighted by Crippen LogP contribution is 2.31. The van der Waals surface area contributed by atoms with Crippen LogP contribution in [0.5, 0.6) is 11.5 Å². The number of carbonyl (C=O) groups excluding carboxylic acids is 1. The van der Waals surface area contributed by atoms with Gasteiger partial charge < -0.3 is 19.5 Å². The second-order valence-electron chi connectivity index (χ2n) is 6.52. The number of carbonyl (C=O) groups is 1. The Morgan fingerprint density at radius 3 is 2.59 bits per heavy atom. The average molecular weight is 422 g/mol. The molecule has 2 aliphatic heterocycles. The maximum atomic E-state index is 14.3. The quantitative estimate of drug-likeness (QED) is 0.805. The molecule has 1 fully saturated rings. The predicted molar refractivity (Wildman–Crippen MR) is 101 cm³/mol. The van der Waals surface area contributed by atoms with Crippen LogP contribution >= 0.6 is 0 Å². The SMILES string of the molecule is O=C(Nc1ccc(F)c(S(=O)(=O)N2CCOCC2)c1)C1COc2ccccc2O1. The normalized spacial score (nSPS) is 19.6. The number of hydrogen-bond donors (Lipinski definition) is 1. The van der Waals surface area contributed by atoms with E-state index in [9.17, 15) is 17.6 Å². The number of morpholine rings is 1. The van der Waals surface area contributed by atoms with Crippen molar-refractivity contribution in [3.63, 3.8) is 0 Å². The number of hydrogen-bond acceptors (Lipinski definition) is 6. The Kier molecular flexibility index (Phi) is 5.39. The Bertz CT molecular complexity index is 1020. The number of benzene rings is 2. The summed E-state index contributed by atoms with van der Waals surface area (Å²) in [6.07, 6.45) is -0.922. The van der Waals surface area contributed by atoms with Crippen LogP contribution < -0.4 is 14.8 Å². The lowest BCUT2D eigenvalue weighted by atomic mass is 10.2. The topological polar surface area (TPSA) is 94.2 Å². The summed E-state index contributed by atoms with van der Waals surface area (Å²) in [6.45, 7) is 0.786. The number of nitrogens with zero attached hydrogens (tertiary/aromatic N) is 1. The third-order valence-corrected chi connectivity index (χ3v) is 6.50. The van der Waals surface area contributed by atoms with Gasteiger partial charge in [-0.25, -0.2) is 12.8 Å². The zero-order valence-corrected chi connectivity index (χ0v) is 16.2. The van der Waals surface area contributed by atoms with Crippen LogP contribution in [0.1, 0.15) is 0 Å². The first-order valence-corrected chi connectivity index (χ1v) is 10.5. The number of sulfonamides is 1. The number of nitrogens with one attached hydrogen (secondary N) is 1. The lowest BCUT2D eigenvalue weighted by Crippen LogP contribution is -2.41. The molecule has 2 aliphatic rings. The molecule has 0 aliphatic carbocycles. The van der Waals surface area contributed by atoms with E-state index in [0.717, 1.165) is 16.4 Å². The Hall–Kier alpha value is -2.69. The zero-order valence-electron chi connectivity index (χ0n) is 15.3. The van der Waals surface area contributed by atoms with Crippen LogP contribution in [-0.4, -0.2) is 57.6 Å². The van der Waals surface area contributed by atoms with Gasteiger partial charge in [-0.05, 0) is 30.3 Å². The molecular formula is C19H19FN2O6S. The van der Waals surface area contributed by atoms with E-state index < -0.39 is 32.7 Å². The molecule has 29 heavy (non-hydrogen) atoms. The highest BCUT2D eigenvalue weighted by Gasteiger charge is 2.31. The first-order chi connectivity index (χ1) is 13.9. The molecule has 4 rings (SSSR count). The van der Waals surface area contributed by atoms with Gasteiger partial charge in [0.1, 0.15) is 17.3 Å². The molecule has 2 heterocycles. The number of ether oxygens (including phenoxy) is 3. The fraction of sp³-hybridized carbons (Fsp3) is 0.316. The number of amides is 1. The van der Waals surface area contributed by atoms with Crippen LogP contribution in [-0.2, 0) is 19.6 Å². The third kappa shape index (κ3) is 4.04. The molecule has 1 amide bonds. The van der Waals surface area contributed by atoms with E-state index in [1.165, 1.54) is 6.07 Å². The molecule has 0 radical (unpaired) electrons. The molecule has 1 saturated heterocycles. The maximum Gasteiger partial charge on any atom is 0.269 e. The van der Waals surface area contributed by atoms with Gasteiger partial charge in [0, 0.05) is 18.8 Å². The molecule has 0 bridgehead atoms. The van der Waals surface area contributed by atoms with Gasteiger partial charge in [0.2, 0.25) is 16.1 Å². The number of anilines is 1. The summed E-state index contributed by atoms with van der Waals surface area (Å²) in [5.74, 6) is -0.438. The highest BCUT2D eigenvalue weighted by atomic mass is 32.2. The van der Waals surface area contributed by atoms with Crippen molar-refractivity contribution in [3.05, 3.63) is 48.3 Å². The number of fused-ring (bicyclic) bond motifs is 1. The molecule has 1 unspecified atom stereocenters. The van der Waals surface area contributed by atoms with E-state index in [-0.39, 0.29) is 38.6 Å². The van der Waals surface area contributed by atoms with Crippen molar-refractivity contribution in [2.75, 3.05) is 38.2 Å². The van der Waals surface area contributed by atoms with Crippen molar-refractivity contribution < 1.29 is 31.8 Å². The van der Waals surface area contributed by atoms with E-state index in [4.69, 9.17) is 14.2 Å². The van der Waals surface area contributed by atoms with Crippen molar-refractivity contribution in [2.45, 2.75) is 11.0 Å². The minimum Gasteiger partial charge on any atom is -0.485 e. The minimum absolute atomic E-state index is 0.00295. The monoisotopic (exact) mass is 422 g/mol. The third-order valence-electron chi connectivity index (χ3n) is 4.59. The van der Waals surface area contributed by atoms with Gasteiger partial charge in [0.05, 0.1) is 13.2 Å². The van der Waals surface area contributed by atoms with E-state index in [1.54, 1.807) is 24.3 Å². The molecule has 10 heteroatoms. The van der Waals surface area contributed by atoms with Gasteiger partial charge >= 0.3 is 0 Å². The number of halogens is 1. The van der Waals surface area contributed by atoms with Gasteiger partial charge in [0.25, 0.3) is 5.91 Å². The van der Waals surface area contributed by atoms with Crippen LogP contribution in [0.4, 0.5) is 10.1 Å². The fourth-order valence-corrected chi connectivity index (χ4v) is 4.57. The lowest BCUT2D eigenvalue weighted by molar-refractivity contribution is -0.125. The fourth-order valence-electron chi connectivity index (χ4n) is 3.08. The highest BCUT2D eigenvalue weighted by molar-refractivity contribution is 7.89. The minimum atomic E-state index is -4.04. The molecule has 2 aromatic rings. The molecule has 8 nitrogen and oxygen atoms in total. The van der Waals surface area contributed by atoms with Crippen molar-refractivity contribution in [1.29, 1.82) is 0 Å². The smallest absolute Gasteiger partial charge is 0.269 e. The Labute approximate surface area is 167 Å². The van der Waals surface area contributed by atoms with Crippen LogP contribution in [0.15, 0.2) is 47.4 Å². The largest absolute Gasteiger partial charge is 0.485 e. The van der Waals surface area contributed by atoms with Gasteiger partial charge in [-0.15, -0.1) is 0 Å². The molecular weight excluding hydrogens is 403 g/mol. The van der Waals surface area contributed by atoms with Crippen molar-refractivity contribution in [1.82, 2.24) is 4.31 Å². The summed E-state index contributed by atoms with van der Waals surface area (Å²) in [5, 5.41) is 2.57. The van der Waals surface area contributed by atoms with Crippen molar-refractivity contribution in [2.24, 2.45) is 0 Å². The Morgan fingerprint density at radius 1 is 1.10 bits per heavy atom. The molecule has 0 aromatic heterocycles. The molecule has 0 spiro atoms. The molecule has 0 saturated carbocycles. The van der Waals surface area contributed by atoms with E-state index in [0.29, 0.717) is 11.5 Å². The molecule has 154 valence electrons. The molecule has 2 aromatic carbocycles. The predicted octanol–water partition coefficient (Wildman–Crippen LogP) is 1.63. The van der Waals surface area contributed by atoms with Gasteiger partial charge in [-0.3, -0.25) is 4.79 Å². The summed E-state index contributed by atoms with van der Waals surface area (Å²) in [6, 6.07) is 10.4. The van der Waals surface area contributed by atoms with Gasteiger partial charge in [0.15, 0.2) is 11.5 Å². The molecule has 1 atom stereocenters.